The Morgan fingerprint density at radius 3 is 1.24 bits per heavy atom. The van der Waals surface area contributed by atoms with E-state index in [0.29, 0.717) is 152 Å². The predicted octanol–water partition coefficient (Wildman–Crippen LogP) is 18.9. The molecule has 23 nitrogen and oxygen atoms in total. The van der Waals surface area contributed by atoms with E-state index in [1.165, 1.54) is 45.8 Å². The van der Waals surface area contributed by atoms with Gasteiger partial charge in [-0.05, 0) is 172 Å². The first-order chi connectivity index (χ1) is 60.0. The molecule has 5 aliphatic heterocycles. The van der Waals surface area contributed by atoms with Crippen molar-refractivity contribution in [3.8, 4) is 17.1 Å². The van der Waals surface area contributed by atoms with Gasteiger partial charge in [-0.3, -0.25) is 39.1 Å². The van der Waals surface area contributed by atoms with Crippen LogP contribution in [0.15, 0.2) is 280 Å². The number of nitrogens with zero attached hydrogens (tertiary/aromatic N) is 13. The van der Waals surface area contributed by atoms with Crippen molar-refractivity contribution in [1.29, 1.82) is 0 Å². The maximum atomic E-state index is 14.4. The van der Waals surface area contributed by atoms with Crippen LogP contribution in [0.2, 0.25) is 15.1 Å². The van der Waals surface area contributed by atoms with Crippen LogP contribution in [0.4, 0.5) is 33.3 Å². The summed E-state index contributed by atoms with van der Waals surface area (Å²) in [5.74, 6) is -7.25. The van der Waals surface area contributed by atoms with Crippen molar-refractivity contribution in [2.24, 2.45) is 25.0 Å². The Bertz CT molecular complexity index is 6570. The Morgan fingerprint density at radius 1 is 0.416 bits per heavy atom. The third-order valence-corrected chi connectivity index (χ3v) is 21.1. The van der Waals surface area contributed by atoms with Crippen LogP contribution in [0.25, 0.3) is 17.1 Å². The van der Waals surface area contributed by atoms with E-state index < -0.39 is 53.3 Å². The summed E-state index contributed by atoms with van der Waals surface area (Å²) in [4.78, 5) is 90.9. The van der Waals surface area contributed by atoms with Crippen LogP contribution in [-0.4, -0.2) is 139 Å². The third-order valence-electron chi connectivity index (χ3n) is 20.4. The Morgan fingerprint density at radius 2 is 0.808 bits per heavy atom. The molecule has 628 valence electrons. The number of aromatic nitrogens is 6. The topological polar surface area (TPSA) is 308 Å². The van der Waals surface area contributed by atoms with Gasteiger partial charge in [0.1, 0.15) is 47.4 Å². The number of hydrogen-bond acceptors (Lipinski definition) is 15. The highest BCUT2D eigenvalue weighted by atomic mass is 35.5. The summed E-state index contributed by atoms with van der Waals surface area (Å²) in [6, 6.07) is 61.3. The fourth-order valence-electron chi connectivity index (χ4n) is 14.7. The van der Waals surface area contributed by atoms with Gasteiger partial charge in [-0.1, -0.05) is 132 Å². The van der Waals surface area contributed by atoms with Crippen LogP contribution >= 0.6 is 34.8 Å². The Hall–Kier alpha value is -14.9. The number of benzodiazepines with no additional fused rings is 2. The minimum absolute atomic E-state index is 0.0125. The molecule has 1 atom stereocenters. The molecule has 0 bridgehead atoms. The van der Waals surface area contributed by atoms with Gasteiger partial charge in [0.05, 0.1) is 101 Å². The quantitative estimate of drug-likeness (QED) is 0.0670. The molecule has 0 saturated carbocycles. The fourth-order valence-corrected chi connectivity index (χ4v) is 15.2. The largest absolute Gasteiger partial charge is 0.481 e. The standard InChI is InChI=1S/C20H19FN2O2.C19H12ClFN2O2.C19H17FN2O2.C18H12ClFN4O2.C18H11ClFN3O2/c1-13-7-8-18-16(11-13)20(15-5-3-4-6-17(15)21)22-12-14(2)23(18)10-9-19(24)25;20-11-5-7-16-14(9-11)18(13-3-1-2-4-15(13)21)22-10-12-6-8-17(19(24)25)23(12)16;1-12-7-8-17-15(9-12)19(14-5-3-4-6-16(14)20)21-10-13(2)22(17)11-18(23)24;1-9-17-22-16(18(25)26)23-24(17)14-7-6-10(19)8-12(14)15(21-9)11-4-2-3-5-13(11)20;19-10-5-6-15-13(7-10)16(12-3-1-2-4-14(12)20)21-8-11-9-22-17(18(24)25)23(11)15/h3-8,11H,2,9-10,12H2,1H3,(H,24,25);1-9H,10H2,(H,24,25);3-9H,2,10-11H2,1H3,(H,23,24);2-9H,1H3,(H,25,26);1-7,9H,8H2,(H,24,25). The molecule has 0 saturated heterocycles. The van der Waals surface area contributed by atoms with E-state index in [-0.39, 0.29) is 68.1 Å². The summed E-state index contributed by atoms with van der Waals surface area (Å²) in [6.45, 7) is 14.6. The van der Waals surface area contributed by atoms with Crippen LogP contribution in [-0.2, 0) is 22.7 Å². The third kappa shape index (κ3) is 18.5. The van der Waals surface area contributed by atoms with E-state index in [0.717, 1.165) is 22.4 Å². The molecule has 0 spiro atoms. The fraction of sp³-hybridized carbons (Fsp3) is 0.117. The average Bonchev–Trinajstić information content (AvgIpc) is 1.62. The van der Waals surface area contributed by atoms with Gasteiger partial charge in [-0.25, -0.2) is 51.0 Å². The Balaban J connectivity index is 0.000000127. The zero-order valence-corrected chi connectivity index (χ0v) is 68.8. The number of aliphatic carboxylic acids is 2. The molecule has 0 radical (unpaired) electrons. The van der Waals surface area contributed by atoms with Gasteiger partial charge < -0.3 is 39.9 Å². The van der Waals surface area contributed by atoms with Gasteiger partial charge in [-0.2, -0.15) is 0 Å². The van der Waals surface area contributed by atoms with E-state index >= 15 is 0 Å². The smallest absolute Gasteiger partial charge is 0.375 e. The summed E-state index contributed by atoms with van der Waals surface area (Å²) >= 11 is 18.4. The average molecular weight is 1740 g/mol. The summed E-state index contributed by atoms with van der Waals surface area (Å²) in [5.41, 5.74) is 15.3. The van der Waals surface area contributed by atoms with Crippen molar-refractivity contribution in [3.05, 3.63) is 401 Å². The molecule has 0 amide bonds. The first-order valence-electron chi connectivity index (χ1n) is 38.4. The van der Waals surface area contributed by atoms with Crippen molar-refractivity contribution in [2.75, 3.05) is 36.0 Å². The van der Waals surface area contributed by atoms with Gasteiger partial charge >= 0.3 is 29.8 Å². The maximum absolute atomic E-state index is 14.4. The first kappa shape index (κ1) is 86.5. The highest BCUT2D eigenvalue weighted by molar-refractivity contribution is 6.33. The number of imidazole rings is 1. The van der Waals surface area contributed by atoms with Crippen LogP contribution in [0.5, 0.6) is 0 Å². The number of anilines is 2. The second-order valence-corrected chi connectivity index (χ2v) is 30.0. The van der Waals surface area contributed by atoms with Gasteiger partial charge in [-0.15, -0.1) is 5.10 Å². The van der Waals surface area contributed by atoms with E-state index in [4.69, 9.17) is 39.9 Å². The zero-order chi connectivity index (χ0) is 88.8. The molecule has 31 heteroatoms. The molecule has 18 rings (SSSR count). The van der Waals surface area contributed by atoms with E-state index in [1.54, 1.807) is 174 Å². The van der Waals surface area contributed by atoms with Crippen molar-refractivity contribution in [1.82, 2.24) is 28.9 Å². The minimum atomic E-state index is -1.23. The van der Waals surface area contributed by atoms with E-state index in [9.17, 15) is 66.4 Å². The molecule has 0 aliphatic carbocycles. The highest BCUT2D eigenvalue weighted by Gasteiger charge is 2.33. The second kappa shape index (κ2) is 37.2. The molecule has 0 fully saturated rings. The van der Waals surface area contributed by atoms with Crippen LogP contribution in [0.1, 0.15) is 135 Å². The maximum Gasteiger partial charge on any atom is 0.375 e. The van der Waals surface area contributed by atoms with Gasteiger partial charge in [0, 0.05) is 94.3 Å². The number of aromatic carboxylic acids is 3. The number of benzene rings is 10. The van der Waals surface area contributed by atoms with Crippen LogP contribution in [0.3, 0.4) is 0 Å². The molecule has 125 heavy (non-hydrogen) atoms. The van der Waals surface area contributed by atoms with E-state index in [1.807, 2.05) is 55.1 Å². The number of fused-ring (bicyclic) bond motifs is 11. The first-order valence-corrected chi connectivity index (χ1v) is 39.6. The molecule has 10 aromatic carbocycles. The number of carbonyl (C=O) groups is 5. The Kier molecular flexibility index (Phi) is 25.8. The summed E-state index contributed by atoms with van der Waals surface area (Å²) in [6.07, 6.45) is 1.46. The number of carboxylic acid groups (broad SMARTS) is 5. The second-order valence-electron chi connectivity index (χ2n) is 28.7. The monoisotopic (exact) mass is 1740 g/mol. The van der Waals surface area contributed by atoms with Crippen LogP contribution in [0, 0.1) is 42.9 Å². The lowest BCUT2D eigenvalue weighted by Gasteiger charge is -2.26. The lowest BCUT2D eigenvalue weighted by Crippen LogP contribution is -2.29. The van der Waals surface area contributed by atoms with Gasteiger partial charge in [0.2, 0.25) is 5.82 Å². The number of halogens is 8. The normalized spacial score (nSPS) is 13.8. The molecular weight excluding hydrogens is 1670 g/mol. The number of rotatable bonds is 13. The molecule has 1 unspecified atom stereocenters. The molecule has 5 N–H and O–H groups in total. The number of carboxylic acids is 5. The van der Waals surface area contributed by atoms with Gasteiger partial charge in [0.15, 0.2) is 5.82 Å². The SMILES string of the molecule is C=C1CN=C(c2ccccc2F)c2cc(C)ccc2N1CC(=O)O.C=C1CN=C(c2ccccc2F)c2cc(C)ccc2N1CCC(=O)O.CC1N=C(c2ccccc2F)c2cc(Cl)ccc2-n2nc(C(=O)O)nc21.O=C(O)c1ccc2n1-c1ccc(Cl)cc1C(c1ccccc1F)=NC2.O=C(O)c1ncc2n1-c1ccc(Cl)cc1C(c1ccccc1F)=NC2. The lowest BCUT2D eigenvalue weighted by molar-refractivity contribution is -0.137. The van der Waals surface area contributed by atoms with Crippen LogP contribution < -0.4 is 9.80 Å². The van der Waals surface area contributed by atoms with E-state index in [2.05, 4.69) is 53.2 Å². The lowest BCUT2D eigenvalue weighted by atomic mass is 9.98. The summed E-state index contributed by atoms with van der Waals surface area (Å²) in [7, 11) is 0. The summed E-state index contributed by atoms with van der Waals surface area (Å²) in [5, 5.41) is 51.8. The molecule has 5 aliphatic rings. The van der Waals surface area contributed by atoms with Crippen molar-refractivity contribution < 1.29 is 71.5 Å². The zero-order valence-electron chi connectivity index (χ0n) is 66.5. The van der Waals surface area contributed by atoms with Crippen molar-refractivity contribution >= 4 is 105 Å². The number of aliphatic imine (C=N–C) groups is 5. The molecule has 3 aromatic heterocycles. The molecule has 8 heterocycles. The van der Waals surface area contributed by atoms with Crippen molar-refractivity contribution in [3.63, 3.8) is 0 Å². The highest BCUT2D eigenvalue weighted by Crippen LogP contribution is 2.38. The van der Waals surface area contributed by atoms with Gasteiger partial charge in [0.25, 0.3) is 5.82 Å². The molecular formula is C94H71Cl3F5N13O10. The number of aryl methyl sites for hydroxylation is 2. The van der Waals surface area contributed by atoms with Crippen molar-refractivity contribution in [2.45, 2.75) is 46.3 Å². The predicted molar refractivity (Wildman–Crippen MR) is 468 cm³/mol. The summed E-state index contributed by atoms with van der Waals surface area (Å²) < 4.78 is 76.3. The number of hydrogen-bond donors (Lipinski definition) is 5. The minimum Gasteiger partial charge on any atom is -0.481 e. The Labute approximate surface area is 725 Å². The molecule has 13 aromatic rings.